The molecule has 1 aliphatic carbocycles. The van der Waals surface area contributed by atoms with Gasteiger partial charge >= 0.3 is 0 Å². The maximum absolute atomic E-state index is 5.57. The Hall–Kier alpha value is -0.930. The molecule has 0 aliphatic heterocycles. The Morgan fingerprint density at radius 2 is 2.06 bits per heavy atom. The minimum Gasteiger partial charge on any atom is -0.326 e. The first-order valence-electron chi connectivity index (χ1n) is 7.10. The average molecular weight is 247 g/mol. The Morgan fingerprint density at radius 3 is 2.67 bits per heavy atom. The van der Waals surface area contributed by atoms with E-state index in [1.807, 2.05) is 6.20 Å². The molecule has 1 aromatic rings. The highest BCUT2D eigenvalue weighted by atomic mass is 15.1. The summed E-state index contributed by atoms with van der Waals surface area (Å²) in [4.78, 5) is 6.86. The number of hydrogen-bond acceptors (Lipinski definition) is 3. The Balaban J connectivity index is 1.80. The molecule has 1 aliphatic rings. The molecule has 1 aromatic heterocycles. The molecule has 1 heterocycles. The van der Waals surface area contributed by atoms with E-state index >= 15 is 0 Å². The molecule has 2 N–H and O–H groups in total. The molecule has 0 atom stereocenters. The lowest BCUT2D eigenvalue weighted by atomic mass is 9.89. The Bertz CT molecular complexity index is 341. The maximum Gasteiger partial charge on any atom is 0.0544 e. The van der Waals surface area contributed by atoms with Crippen molar-refractivity contribution >= 4 is 0 Å². The molecule has 18 heavy (non-hydrogen) atoms. The number of nitrogens with two attached hydrogens (primary N) is 1. The molecule has 0 bridgehead atoms. The Labute approximate surface area is 110 Å². The summed E-state index contributed by atoms with van der Waals surface area (Å²) >= 11 is 0. The first kappa shape index (κ1) is 13.5. The van der Waals surface area contributed by atoms with Crippen LogP contribution in [-0.2, 0) is 13.1 Å². The van der Waals surface area contributed by atoms with Gasteiger partial charge in [0.2, 0.25) is 0 Å². The van der Waals surface area contributed by atoms with Crippen molar-refractivity contribution in [2.24, 2.45) is 11.7 Å². The summed E-state index contributed by atoms with van der Waals surface area (Å²) in [5, 5.41) is 0. The van der Waals surface area contributed by atoms with E-state index in [0.29, 0.717) is 6.54 Å². The fraction of sp³-hybridized carbons (Fsp3) is 0.667. The number of pyridine rings is 1. The molecule has 1 saturated carbocycles. The zero-order valence-corrected chi connectivity index (χ0v) is 11.4. The van der Waals surface area contributed by atoms with E-state index in [0.717, 1.165) is 23.7 Å². The van der Waals surface area contributed by atoms with Crippen molar-refractivity contribution in [2.45, 2.75) is 45.2 Å². The largest absolute Gasteiger partial charge is 0.326 e. The summed E-state index contributed by atoms with van der Waals surface area (Å²) in [5.74, 6) is 0.895. The van der Waals surface area contributed by atoms with Crippen LogP contribution in [0.3, 0.4) is 0 Å². The predicted octanol–water partition coefficient (Wildman–Crippen LogP) is 2.55. The summed E-state index contributed by atoms with van der Waals surface area (Å²) in [6.07, 6.45) is 8.98. The monoisotopic (exact) mass is 247 g/mol. The van der Waals surface area contributed by atoms with Crippen LogP contribution in [0.1, 0.15) is 43.4 Å². The highest BCUT2D eigenvalue weighted by molar-refractivity contribution is 5.13. The molecule has 0 unspecified atom stereocenters. The van der Waals surface area contributed by atoms with Crippen molar-refractivity contribution in [3.63, 3.8) is 0 Å². The van der Waals surface area contributed by atoms with E-state index in [2.05, 4.69) is 29.1 Å². The predicted molar refractivity (Wildman–Crippen MR) is 75.0 cm³/mol. The smallest absolute Gasteiger partial charge is 0.0544 e. The van der Waals surface area contributed by atoms with Gasteiger partial charge in [0.05, 0.1) is 5.69 Å². The molecule has 100 valence electrons. The van der Waals surface area contributed by atoms with Gasteiger partial charge in [0.1, 0.15) is 0 Å². The number of rotatable bonds is 5. The van der Waals surface area contributed by atoms with Crippen molar-refractivity contribution < 1.29 is 0 Å². The van der Waals surface area contributed by atoms with Gasteiger partial charge in [-0.2, -0.15) is 0 Å². The van der Waals surface area contributed by atoms with Gasteiger partial charge in [-0.1, -0.05) is 25.3 Å². The van der Waals surface area contributed by atoms with Crippen LogP contribution in [-0.4, -0.2) is 23.5 Å². The van der Waals surface area contributed by atoms with Gasteiger partial charge in [0, 0.05) is 25.8 Å². The quantitative estimate of drug-likeness (QED) is 0.869. The second kappa shape index (κ2) is 6.86. The second-order valence-corrected chi connectivity index (χ2v) is 5.56. The molecular weight excluding hydrogens is 222 g/mol. The number of aromatic nitrogens is 1. The number of nitrogens with zero attached hydrogens (tertiary/aromatic N) is 2. The normalized spacial score (nSPS) is 17.3. The topological polar surface area (TPSA) is 42.1 Å². The van der Waals surface area contributed by atoms with Crippen molar-refractivity contribution in [3.05, 3.63) is 29.6 Å². The van der Waals surface area contributed by atoms with Gasteiger partial charge in [-0.05, 0) is 37.4 Å². The van der Waals surface area contributed by atoms with E-state index in [9.17, 15) is 0 Å². The van der Waals surface area contributed by atoms with Crippen molar-refractivity contribution in [2.75, 3.05) is 13.6 Å². The zero-order valence-electron chi connectivity index (χ0n) is 11.4. The lowest BCUT2D eigenvalue weighted by Gasteiger charge is -2.26. The van der Waals surface area contributed by atoms with Crippen LogP contribution >= 0.6 is 0 Å². The highest BCUT2D eigenvalue weighted by Crippen LogP contribution is 2.24. The zero-order chi connectivity index (χ0) is 12.8. The van der Waals surface area contributed by atoms with Gasteiger partial charge in [-0.25, -0.2) is 0 Å². The highest BCUT2D eigenvalue weighted by Gasteiger charge is 2.15. The molecule has 2 rings (SSSR count). The first-order chi connectivity index (χ1) is 8.78. The average Bonchev–Trinajstić information content (AvgIpc) is 2.40. The lowest BCUT2D eigenvalue weighted by Crippen LogP contribution is -2.27. The van der Waals surface area contributed by atoms with Gasteiger partial charge in [0.25, 0.3) is 0 Å². The van der Waals surface area contributed by atoms with Crippen LogP contribution in [0.4, 0.5) is 0 Å². The summed E-state index contributed by atoms with van der Waals surface area (Å²) in [6.45, 7) is 2.73. The SMILES string of the molecule is CN(Cc1ccc(CN)cn1)CC1CCCCC1. The van der Waals surface area contributed by atoms with E-state index in [1.165, 1.54) is 38.6 Å². The molecule has 0 spiro atoms. The maximum atomic E-state index is 5.57. The fourth-order valence-corrected chi connectivity index (χ4v) is 2.82. The standard InChI is InChI=1S/C15H25N3/c1-18(11-13-5-3-2-4-6-13)12-15-8-7-14(9-16)10-17-15/h7-8,10,13H,2-6,9,11-12,16H2,1H3. The third kappa shape index (κ3) is 4.07. The molecule has 0 saturated heterocycles. The van der Waals surface area contributed by atoms with E-state index in [1.54, 1.807) is 0 Å². The molecule has 1 fully saturated rings. The van der Waals surface area contributed by atoms with E-state index < -0.39 is 0 Å². The molecular formula is C15H25N3. The molecule has 0 aromatic carbocycles. The summed E-state index contributed by atoms with van der Waals surface area (Å²) < 4.78 is 0. The summed E-state index contributed by atoms with van der Waals surface area (Å²) in [5.41, 5.74) is 7.82. The molecule has 0 amide bonds. The van der Waals surface area contributed by atoms with Crippen LogP contribution in [0.2, 0.25) is 0 Å². The van der Waals surface area contributed by atoms with Crippen LogP contribution in [0, 0.1) is 5.92 Å². The van der Waals surface area contributed by atoms with Gasteiger partial charge in [-0.3, -0.25) is 4.98 Å². The van der Waals surface area contributed by atoms with Crippen LogP contribution in [0.25, 0.3) is 0 Å². The van der Waals surface area contributed by atoms with Crippen LogP contribution in [0.15, 0.2) is 18.3 Å². The minimum absolute atomic E-state index is 0.575. The van der Waals surface area contributed by atoms with Gasteiger partial charge < -0.3 is 10.6 Å². The van der Waals surface area contributed by atoms with Crippen LogP contribution < -0.4 is 5.73 Å². The molecule has 3 nitrogen and oxygen atoms in total. The number of hydrogen-bond donors (Lipinski definition) is 1. The minimum atomic E-state index is 0.575. The Kier molecular flexibility index (Phi) is 5.14. The van der Waals surface area contributed by atoms with E-state index in [4.69, 9.17) is 5.73 Å². The van der Waals surface area contributed by atoms with Crippen LogP contribution in [0.5, 0.6) is 0 Å². The van der Waals surface area contributed by atoms with E-state index in [-0.39, 0.29) is 0 Å². The lowest BCUT2D eigenvalue weighted by molar-refractivity contribution is 0.226. The van der Waals surface area contributed by atoms with Gasteiger partial charge in [-0.15, -0.1) is 0 Å². The third-order valence-electron chi connectivity index (χ3n) is 3.85. The van der Waals surface area contributed by atoms with Crippen molar-refractivity contribution in [3.8, 4) is 0 Å². The van der Waals surface area contributed by atoms with Crippen molar-refractivity contribution in [1.82, 2.24) is 9.88 Å². The summed E-state index contributed by atoms with van der Waals surface area (Å²) in [6, 6.07) is 4.18. The molecule has 3 heteroatoms. The summed E-state index contributed by atoms with van der Waals surface area (Å²) in [7, 11) is 2.20. The Morgan fingerprint density at radius 1 is 1.28 bits per heavy atom. The van der Waals surface area contributed by atoms with Gasteiger partial charge in [0.15, 0.2) is 0 Å². The fourth-order valence-electron chi connectivity index (χ4n) is 2.82. The second-order valence-electron chi connectivity index (χ2n) is 5.56. The first-order valence-corrected chi connectivity index (χ1v) is 7.10. The molecule has 0 radical (unpaired) electrons. The van der Waals surface area contributed by atoms with Crippen molar-refractivity contribution in [1.29, 1.82) is 0 Å². The third-order valence-corrected chi connectivity index (χ3v) is 3.85.